The number of halogens is 1. The van der Waals surface area contributed by atoms with E-state index in [0.29, 0.717) is 18.7 Å². The van der Waals surface area contributed by atoms with Crippen molar-refractivity contribution in [2.45, 2.75) is 49.9 Å². The standard InChI is InChI=1S/C21H26FN5O5/c1-27-11-12(9-25-27)8-23-18(28)7-15-6-16-20(31-15)19(29)17(32-16)10-24-21(30)26-14-4-2-13(22)3-5-14/h2-5,9,11,15-17,19-20,29H,6-8,10H2,1H3,(H,23,28)(H2,24,26,30)/t15-,16+,17+,19+,20-/m0/s1. The molecule has 0 saturated carbocycles. The number of amides is 3. The summed E-state index contributed by atoms with van der Waals surface area (Å²) in [4.78, 5) is 24.2. The van der Waals surface area contributed by atoms with E-state index in [2.05, 4.69) is 21.0 Å². The Morgan fingerprint density at radius 2 is 2.03 bits per heavy atom. The molecular weight excluding hydrogens is 421 g/mol. The van der Waals surface area contributed by atoms with Gasteiger partial charge >= 0.3 is 6.03 Å². The second-order valence-electron chi connectivity index (χ2n) is 8.01. The van der Waals surface area contributed by atoms with Crippen molar-refractivity contribution in [1.29, 1.82) is 0 Å². The second kappa shape index (κ2) is 9.63. The van der Waals surface area contributed by atoms with Crippen molar-refractivity contribution in [3.8, 4) is 0 Å². The highest BCUT2D eigenvalue weighted by Crippen LogP contribution is 2.35. The normalized spacial score (nSPS) is 26.5. The molecule has 2 saturated heterocycles. The topological polar surface area (TPSA) is 127 Å². The minimum Gasteiger partial charge on any atom is -0.388 e. The Labute approximate surface area is 184 Å². The lowest BCUT2D eigenvalue weighted by Gasteiger charge is -2.20. The van der Waals surface area contributed by atoms with E-state index in [1.807, 2.05) is 13.2 Å². The highest BCUT2D eigenvalue weighted by Gasteiger charge is 2.50. The molecule has 3 heterocycles. The van der Waals surface area contributed by atoms with E-state index < -0.39 is 30.2 Å². The maximum atomic E-state index is 12.9. The van der Waals surface area contributed by atoms with E-state index in [0.717, 1.165) is 5.56 Å². The number of fused-ring (bicyclic) bond motifs is 1. The first-order valence-electron chi connectivity index (χ1n) is 10.4. The van der Waals surface area contributed by atoms with Gasteiger partial charge in [-0.25, -0.2) is 9.18 Å². The Bertz CT molecular complexity index is 952. The first kappa shape index (κ1) is 22.2. The van der Waals surface area contributed by atoms with Crippen molar-refractivity contribution >= 4 is 17.6 Å². The molecular formula is C21H26FN5O5. The number of nitrogens with zero attached hydrogens (tertiary/aromatic N) is 2. The highest BCUT2D eigenvalue weighted by atomic mass is 19.1. The predicted octanol–water partition coefficient (Wildman–Crippen LogP) is 0.673. The average molecular weight is 447 g/mol. The van der Waals surface area contributed by atoms with Crippen LogP contribution in [0.2, 0.25) is 0 Å². The summed E-state index contributed by atoms with van der Waals surface area (Å²) in [6.07, 6.45) is 1.41. The molecule has 2 aliphatic rings. The van der Waals surface area contributed by atoms with Gasteiger partial charge in [0.2, 0.25) is 5.91 Å². The number of ether oxygens (including phenoxy) is 2. The molecule has 3 amide bonds. The van der Waals surface area contributed by atoms with Gasteiger partial charge in [0, 0.05) is 44.0 Å². The van der Waals surface area contributed by atoms with Gasteiger partial charge in [-0.15, -0.1) is 0 Å². The molecule has 4 rings (SSSR count). The third-order valence-electron chi connectivity index (χ3n) is 5.51. The maximum Gasteiger partial charge on any atom is 0.319 e. The predicted molar refractivity (Wildman–Crippen MR) is 111 cm³/mol. The van der Waals surface area contributed by atoms with Crippen molar-refractivity contribution in [2.75, 3.05) is 11.9 Å². The molecule has 0 aliphatic carbocycles. The number of benzene rings is 1. The molecule has 0 radical (unpaired) electrons. The molecule has 2 fully saturated rings. The van der Waals surface area contributed by atoms with E-state index in [4.69, 9.17) is 9.47 Å². The van der Waals surface area contributed by atoms with E-state index in [9.17, 15) is 19.1 Å². The van der Waals surface area contributed by atoms with Gasteiger partial charge in [0.15, 0.2) is 0 Å². The van der Waals surface area contributed by atoms with Crippen LogP contribution in [0.15, 0.2) is 36.7 Å². The number of aliphatic hydroxyl groups is 1. The fourth-order valence-corrected chi connectivity index (χ4v) is 3.95. The van der Waals surface area contributed by atoms with Gasteiger partial charge in [0.25, 0.3) is 0 Å². The minimum atomic E-state index is -0.922. The molecule has 1 aromatic carbocycles. The average Bonchev–Trinajstić information content (AvgIpc) is 3.43. The summed E-state index contributed by atoms with van der Waals surface area (Å²) in [7, 11) is 1.81. The van der Waals surface area contributed by atoms with Crippen LogP contribution in [0.3, 0.4) is 0 Å². The fraction of sp³-hybridized carbons (Fsp3) is 0.476. The molecule has 10 nitrogen and oxygen atoms in total. The number of hydrogen-bond acceptors (Lipinski definition) is 6. The number of aryl methyl sites for hydroxylation is 1. The summed E-state index contributed by atoms with van der Waals surface area (Å²) in [6, 6.07) is 4.89. The zero-order valence-corrected chi connectivity index (χ0v) is 17.5. The molecule has 172 valence electrons. The number of carbonyl (C=O) groups is 2. The number of urea groups is 1. The van der Waals surface area contributed by atoms with Crippen LogP contribution in [0.25, 0.3) is 0 Å². The maximum absolute atomic E-state index is 12.9. The number of carbonyl (C=O) groups excluding carboxylic acids is 2. The Hall–Kier alpha value is -3.02. The zero-order chi connectivity index (χ0) is 22.7. The van der Waals surface area contributed by atoms with E-state index in [-0.39, 0.29) is 31.1 Å². The van der Waals surface area contributed by atoms with Crippen molar-refractivity contribution in [1.82, 2.24) is 20.4 Å². The van der Waals surface area contributed by atoms with Crippen molar-refractivity contribution in [3.05, 3.63) is 48.0 Å². The summed E-state index contributed by atoms with van der Waals surface area (Å²) in [5, 5.41) is 22.6. The molecule has 11 heteroatoms. The monoisotopic (exact) mass is 447 g/mol. The molecule has 2 aliphatic heterocycles. The zero-order valence-electron chi connectivity index (χ0n) is 17.5. The van der Waals surface area contributed by atoms with Gasteiger partial charge in [-0.1, -0.05) is 0 Å². The Balaban J connectivity index is 1.17. The summed E-state index contributed by atoms with van der Waals surface area (Å²) in [6.45, 7) is 0.472. The summed E-state index contributed by atoms with van der Waals surface area (Å²) < 4.78 is 26.3. The smallest absolute Gasteiger partial charge is 0.319 e. The van der Waals surface area contributed by atoms with Crippen LogP contribution in [0.1, 0.15) is 18.4 Å². The third kappa shape index (κ3) is 5.42. The van der Waals surface area contributed by atoms with E-state index >= 15 is 0 Å². The van der Waals surface area contributed by atoms with Crippen LogP contribution < -0.4 is 16.0 Å². The van der Waals surface area contributed by atoms with E-state index in [1.165, 1.54) is 24.3 Å². The number of rotatable bonds is 7. The molecule has 2 aromatic rings. The van der Waals surface area contributed by atoms with Crippen LogP contribution in [0.5, 0.6) is 0 Å². The summed E-state index contributed by atoms with van der Waals surface area (Å²) in [5.41, 5.74) is 1.35. The summed E-state index contributed by atoms with van der Waals surface area (Å²) in [5.74, 6) is -0.543. The Morgan fingerprint density at radius 1 is 1.25 bits per heavy atom. The SMILES string of the molecule is Cn1cc(CNC(=O)C[C@@H]2C[C@H]3O[C@H](CNC(=O)Nc4ccc(F)cc4)[C@@H](O)[C@H]3O2)cn1. The first-order chi connectivity index (χ1) is 15.4. The second-order valence-corrected chi connectivity index (χ2v) is 8.01. The molecule has 0 spiro atoms. The van der Waals surface area contributed by atoms with E-state index in [1.54, 1.807) is 10.9 Å². The number of hydrogen-bond donors (Lipinski definition) is 4. The molecule has 5 atom stereocenters. The van der Waals surface area contributed by atoms with Gasteiger partial charge < -0.3 is 30.5 Å². The van der Waals surface area contributed by atoms with Crippen molar-refractivity contribution in [3.63, 3.8) is 0 Å². The highest BCUT2D eigenvalue weighted by molar-refractivity contribution is 5.89. The molecule has 0 unspecified atom stereocenters. The quantitative estimate of drug-likeness (QED) is 0.494. The number of nitrogens with one attached hydrogen (secondary N) is 3. The molecule has 4 N–H and O–H groups in total. The van der Waals surface area contributed by atoms with Gasteiger partial charge in [-0.05, 0) is 24.3 Å². The fourth-order valence-electron chi connectivity index (χ4n) is 3.95. The van der Waals surface area contributed by atoms with Gasteiger partial charge in [-0.2, -0.15) is 5.10 Å². The van der Waals surface area contributed by atoms with Gasteiger partial charge in [0.05, 0.1) is 24.8 Å². The lowest BCUT2D eigenvalue weighted by Crippen LogP contribution is -2.42. The summed E-state index contributed by atoms with van der Waals surface area (Å²) >= 11 is 0. The number of aromatic nitrogens is 2. The third-order valence-corrected chi connectivity index (χ3v) is 5.51. The Morgan fingerprint density at radius 3 is 2.72 bits per heavy atom. The molecule has 32 heavy (non-hydrogen) atoms. The van der Waals surface area contributed by atoms with Gasteiger partial charge in [0.1, 0.15) is 24.1 Å². The molecule has 0 bridgehead atoms. The first-order valence-corrected chi connectivity index (χ1v) is 10.4. The Kier molecular flexibility index (Phi) is 6.68. The molecule has 1 aromatic heterocycles. The van der Waals surface area contributed by atoms with Crippen LogP contribution in [-0.4, -0.2) is 63.9 Å². The van der Waals surface area contributed by atoms with Crippen molar-refractivity contribution in [2.24, 2.45) is 7.05 Å². The van der Waals surface area contributed by atoms with Crippen molar-refractivity contribution < 1.29 is 28.6 Å². The minimum absolute atomic E-state index is 0.0841. The van der Waals surface area contributed by atoms with Crippen LogP contribution in [0, 0.1) is 5.82 Å². The number of aliphatic hydroxyl groups excluding tert-OH is 1. The van der Waals surface area contributed by atoms with Crippen LogP contribution >= 0.6 is 0 Å². The lowest BCUT2D eigenvalue weighted by atomic mass is 10.1. The largest absolute Gasteiger partial charge is 0.388 e. The van der Waals surface area contributed by atoms with Crippen LogP contribution in [-0.2, 0) is 27.9 Å². The lowest BCUT2D eigenvalue weighted by molar-refractivity contribution is -0.124. The number of anilines is 1. The van der Waals surface area contributed by atoms with Crippen LogP contribution in [0.4, 0.5) is 14.9 Å². The van der Waals surface area contributed by atoms with Gasteiger partial charge in [-0.3, -0.25) is 9.48 Å².